The van der Waals surface area contributed by atoms with E-state index >= 15 is 0 Å². The summed E-state index contributed by atoms with van der Waals surface area (Å²) >= 11 is 0. The van der Waals surface area contributed by atoms with Crippen LogP contribution in [0.4, 0.5) is 23.4 Å². The molecule has 0 saturated carbocycles. The summed E-state index contributed by atoms with van der Waals surface area (Å²) in [6, 6.07) is 8.15. The van der Waals surface area contributed by atoms with Crippen molar-refractivity contribution in [1.82, 2.24) is 19.7 Å². The zero-order valence-corrected chi connectivity index (χ0v) is 16.8. The van der Waals surface area contributed by atoms with Crippen molar-refractivity contribution in [2.75, 3.05) is 32.1 Å². The van der Waals surface area contributed by atoms with Crippen LogP contribution in [0, 0.1) is 0 Å². The molecule has 162 valence electrons. The van der Waals surface area contributed by atoms with Gasteiger partial charge in [-0.2, -0.15) is 18.3 Å². The number of nitrogens with zero attached hydrogens (tertiary/aromatic N) is 5. The number of carbonyl (C=O) groups is 1. The summed E-state index contributed by atoms with van der Waals surface area (Å²) in [5.41, 5.74) is 0.798. The second kappa shape index (κ2) is 7.36. The molecule has 4 rings (SSSR count). The van der Waals surface area contributed by atoms with Gasteiger partial charge in [-0.3, -0.25) is 4.79 Å². The highest BCUT2D eigenvalue weighted by Crippen LogP contribution is 2.35. The molecule has 1 saturated heterocycles. The molecule has 0 atom stereocenters. The number of rotatable bonds is 4. The molecule has 2 aromatic heterocycles. The molecule has 31 heavy (non-hydrogen) atoms. The number of fused-ring (bicyclic) bond motifs is 1. The third kappa shape index (κ3) is 3.73. The van der Waals surface area contributed by atoms with Gasteiger partial charge in [0.25, 0.3) is 5.91 Å². The summed E-state index contributed by atoms with van der Waals surface area (Å²) in [5, 5.41) is 5.28. The molecule has 1 aliphatic heterocycles. The van der Waals surface area contributed by atoms with E-state index in [-0.39, 0.29) is 19.1 Å². The lowest BCUT2D eigenvalue weighted by Crippen LogP contribution is -2.51. The Bertz CT molecular complexity index is 1160. The maximum Gasteiger partial charge on any atom is 0.416 e. The van der Waals surface area contributed by atoms with Crippen molar-refractivity contribution in [2.45, 2.75) is 12.2 Å². The predicted molar refractivity (Wildman–Crippen MR) is 108 cm³/mol. The first-order valence-corrected chi connectivity index (χ1v) is 9.44. The van der Waals surface area contributed by atoms with Crippen LogP contribution in [0.1, 0.15) is 11.6 Å². The lowest BCUT2D eigenvalue weighted by molar-refractivity contribution is -0.137. The number of pyridine rings is 1. The molecule has 3 aromatic rings. The van der Waals surface area contributed by atoms with Crippen LogP contribution in [0.2, 0.25) is 0 Å². The smallest absolute Gasteiger partial charge is 0.363 e. The van der Waals surface area contributed by atoms with Gasteiger partial charge >= 0.3 is 6.18 Å². The van der Waals surface area contributed by atoms with Gasteiger partial charge in [0.2, 0.25) is 0 Å². The van der Waals surface area contributed by atoms with Crippen LogP contribution in [0.5, 0.6) is 0 Å². The lowest BCUT2D eigenvalue weighted by Gasteiger charge is -2.38. The van der Waals surface area contributed by atoms with Gasteiger partial charge in [-0.25, -0.2) is 14.1 Å². The van der Waals surface area contributed by atoms with Gasteiger partial charge in [0.1, 0.15) is 11.5 Å². The Labute approximate surface area is 175 Å². The van der Waals surface area contributed by atoms with Crippen LogP contribution >= 0.6 is 0 Å². The first-order chi connectivity index (χ1) is 14.6. The Balaban J connectivity index is 1.75. The van der Waals surface area contributed by atoms with Crippen molar-refractivity contribution < 1.29 is 22.4 Å². The summed E-state index contributed by atoms with van der Waals surface area (Å²) in [5.74, 6) is -1.11. The number of halogens is 4. The number of amides is 1. The standard InChI is InChI=1S/C21H19F4N5O/c1-12(22)20(31)29-10-15(11-29)30-19-16(8-9-17(26-19)28(2)3)18(27-30)13-4-6-14(7-5-13)21(23,24)25/h4-9,15H,1,10-11H2,2-3H3. The van der Waals surface area contributed by atoms with E-state index < -0.39 is 23.5 Å². The van der Waals surface area contributed by atoms with Crippen molar-refractivity contribution >= 4 is 22.8 Å². The quantitative estimate of drug-likeness (QED) is 0.460. The fourth-order valence-electron chi connectivity index (χ4n) is 3.49. The number of benzene rings is 1. The van der Waals surface area contributed by atoms with E-state index in [2.05, 4.69) is 16.7 Å². The number of carbonyl (C=O) groups excluding carboxylic acids is 1. The first-order valence-electron chi connectivity index (χ1n) is 9.44. The minimum absolute atomic E-state index is 0.235. The van der Waals surface area contributed by atoms with Crippen molar-refractivity contribution in [2.24, 2.45) is 0 Å². The molecule has 3 heterocycles. The van der Waals surface area contributed by atoms with Gasteiger partial charge in [-0.1, -0.05) is 18.7 Å². The van der Waals surface area contributed by atoms with Gasteiger partial charge in [0, 0.05) is 38.1 Å². The number of likely N-dealkylation sites (tertiary alicyclic amines) is 1. The van der Waals surface area contributed by atoms with Crippen LogP contribution in [-0.2, 0) is 11.0 Å². The maximum absolute atomic E-state index is 13.1. The fraction of sp³-hybridized carbons (Fsp3) is 0.286. The SMILES string of the molecule is C=C(F)C(=O)N1CC(n2nc(-c3ccc(C(F)(F)F)cc3)c3ccc(N(C)C)nc32)C1. The number of alkyl halides is 3. The van der Waals surface area contributed by atoms with Crippen molar-refractivity contribution in [3.05, 3.63) is 54.4 Å². The van der Waals surface area contributed by atoms with Gasteiger partial charge in [-0.15, -0.1) is 0 Å². The molecular formula is C21H19F4N5O. The molecule has 0 N–H and O–H groups in total. The number of hydrogen-bond donors (Lipinski definition) is 0. The largest absolute Gasteiger partial charge is 0.416 e. The summed E-state index contributed by atoms with van der Waals surface area (Å²) in [7, 11) is 3.67. The second-order valence-electron chi connectivity index (χ2n) is 7.57. The lowest BCUT2D eigenvalue weighted by atomic mass is 10.1. The predicted octanol–water partition coefficient (Wildman–Crippen LogP) is 4.05. The second-order valence-corrected chi connectivity index (χ2v) is 7.57. The summed E-state index contributed by atoms with van der Waals surface area (Å²) in [6.07, 6.45) is -4.43. The topological polar surface area (TPSA) is 54.3 Å². The highest BCUT2D eigenvalue weighted by atomic mass is 19.4. The van der Waals surface area contributed by atoms with E-state index in [1.165, 1.54) is 17.0 Å². The Morgan fingerprint density at radius 1 is 1.13 bits per heavy atom. The molecular weight excluding hydrogens is 414 g/mol. The van der Waals surface area contributed by atoms with E-state index in [1.54, 1.807) is 10.7 Å². The van der Waals surface area contributed by atoms with Gasteiger partial charge in [0.15, 0.2) is 11.5 Å². The average molecular weight is 433 g/mol. The Morgan fingerprint density at radius 2 is 1.77 bits per heavy atom. The minimum atomic E-state index is -4.43. The molecule has 0 unspecified atom stereocenters. The van der Waals surface area contributed by atoms with E-state index in [4.69, 9.17) is 0 Å². The average Bonchev–Trinajstić information content (AvgIpc) is 3.04. The van der Waals surface area contributed by atoms with Crippen molar-refractivity contribution in [1.29, 1.82) is 0 Å². The summed E-state index contributed by atoms with van der Waals surface area (Å²) in [6.45, 7) is 3.50. The minimum Gasteiger partial charge on any atom is -0.363 e. The molecule has 10 heteroatoms. The van der Waals surface area contributed by atoms with Crippen LogP contribution in [0.3, 0.4) is 0 Å². The Kier molecular flexibility index (Phi) is 4.95. The van der Waals surface area contributed by atoms with Gasteiger partial charge in [0.05, 0.1) is 11.6 Å². The van der Waals surface area contributed by atoms with Crippen LogP contribution in [-0.4, -0.2) is 52.8 Å². The van der Waals surface area contributed by atoms with E-state index in [0.29, 0.717) is 28.1 Å². The number of anilines is 1. The van der Waals surface area contributed by atoms with E-state index in [1.807, 2.05) is 25.1 Å². The van der Waals surface area contributed by atoms with Crippen LogP contribution < -0.4 is 4.90 Å². The van der Waals surface area contributed by atoms with Crippen molar-refractivity contribution in [3.8, 4) is 11.3 Å². The van der Waals surface area contributed by atoms with Crippen LogP contribution in [0.15, 0.2) is 48.8 Å². The summed E-state index contributed by atoms with van der Waals surface area (Å²) in [4.78, 5) is 19.5. The molecule has 1 aliphatic rings. The molecule has 1 amide bonds. The Hall–Kier alpha value is -3.43. The zero-order chi connectivity index (χ0) is 22.5. The molecule has 6 nitrogen and oxygen atoms in total. The number of aromatic nitrogens is 3. The van der Waals surface area contributed by atoms with Gasteiger partial charge < -0.3 is 9.80 Å². The molecule has 0 aliphatic carbocycles. The Morgan fingerprint density at radius 3 is 2.32 bits per heavy atom. The number of hydrogen-bond acceptors (Lipinski definition) is 4. The normalized spacial score (nSPS) is 14.6. The monoisotopic (exact) mass is 433 g/mol. The zero-order valence-electron chi connectivity index (χ0n) is 16.8. The van der Waals surface area contributed by atoms with E-state index in [9.17, 15) is 22.4 Å². The summed E-state index contributed by atoms with van der Waals surface area (Å²) < 4.78 is 53.5. The third-order valence-corrected chi connectivity index (χ3v) is 5.21. The van der Waals surface area contributed by atoms with E-state index in [0.717, 1.165) is 12.1 Å². The maximum atomic E-state index is 13.1. The molecule has 0 spiro atoms. The third-order valence-electron chi connectivity index (χ3n) is 5.21. The fourth-order valence-corrected chi connectivity index (χ4v) is 3.49. The highest BCUT2D eigenvalue weighted by Gasteiger charge is 2.36. The van der Waals surface area contributed by atoms with Crippen LogP contribution in [0.25, 0.3) is 22.3 Å². The van der Waals surface area contributed by atoms with Gasteiger partial charge in [-0.05, 0) is 24.3 Å². The van der Waals surface area contributed by atoms with Crippen molar-refractivity contribution in [3.63, 3.8) is 0 Å². The first kappa shape index (κ1) is 20.8. The molecule has 0 radical (unpaired) electrons. The molecule has 1 aromatic carbocycles. The molecule has 1 fully saturated rings. The highest BCUT2D eigenvalue weighted by molar-refractivity contribution is 5.93. The molecule has 0 bridgehead atoms.